The molecule has 3 amide bonds. The summed E-state index contributed by atoms with van der Waals surface area (Å²) >= 11 is 5.62. The molecule has 2 heterocycles. The Labute approximate surface area is 209 Å². The Morgan fingerprint density at radius 2 is 1.80 bits per heavy atom. The first-order chi connectivity index (χ1) is 16.6. The monoisotopic (exact) mass is 490 g/mol. The number of carbonyl (C=O) groups excluding carboxylic acids is 3. The van der Waals surface area contributed by atoms with Crippen molar-refractivity contribution >= 4 is 52.3 Å². The third-order valence-corrected chi connectivity index (χ3v) is 6.38. The number of aromatic nitrogens is 1. The zero-order valence-electron chi connectivity index (χ0n) is 20.0. The van der Waals surface area contributed by atoms with E-state index in [4.69, 9.17) is 11.6 Å². The standard InChI is InChI=1S/C27H27ClN4O3/c1-15-22(29-16(2)24(15)31-23(33)14-28)13-20-19-12-17(10-11-21(19)30-26(20)35)25(34)32-27(3,4)18-8-6-5-7-9-18/h5-13,29H,14H2,1-4H3,(H,30,35)(H,31,33)(H,32,34). The van der Waals surface area contributed by atoms with Crippen LogP contribution in [0.3, 0.4) is 0 Å². The van der Waals surface area contributed by atoms with Gasteiger partial charge < -0.3 is 20.9 Å². The lowest BCUT2D eigenvalue weighted by Gasteiger charge is -2.27. The maximum atomic E-state index is 13.1. The number of hydrogen-bond donors (Lipinski definition) is 4. The first-order valence-corrected chi connectivity index (χ1v) is 11.7. The van der Waals surface area contributed by atoms with Gasteiger partial charge in [0.25, 0.3) is 11.8 Å². The van der Waals surface area contributed by atoms with Crippen molar-refractivity contribution in [1.29, 1.82) is 0 Å². The molecule has 0 spiro atoms. The van der Waals surface area contributed by atoms with E-state index in [1.807, 2.05) is 58.0 Å². The van der Waals surface area contributed by atoms with Gasteiger partial charge in [0.15, 0.2) is 0 Å². The van der Waals surface area contributed by atoms with Crippen molar-refractivity contribution < 1.29 is 14.4 Å². The summed E-state index contributed by atoms with van der Waals surface area (Å²) < 4.78 is 0. The van der Waals surface area contributed by atoms with Crippen molar-refractivity contribution in [2.75, 3.05) is 16.5 Å². The summed E-state index contributed by atoms with van der Waals surface area (Å²) in [6.07, 6.45) is 1.73. The fourth-order valence-electron chi connectivity index (χ4n) is 4.18. The van der Waals surface area contributed by atoms with Crippen molar-refractivity contribution in [1.82, 2.24) is 10.3 Å². The van der Waals surface area contributed by atoms with Crippen molar-refractivity contribution in [2.45, 2.75) is 33.2 Å². The summed E-state index contributed by atoms with van der Waals surface area (Å²) in [6, 6.07) is 14.9. The first kappa shape index (κ1) is 24.3. The number of hydrogen-bond acceptors (Lipinski definition) is 3. The molecule has 1 aliphatic rings. The Kier molecular flexibility index (Phi) is 6.54. The number of benzene rings is 2. The maximum Gasteiger partial charge on any atom is 0.256 e. The van der Waals surface area contributed by atoms with Gasteiger partial charge in [-0.25, -0.2) is 0 Å². The molecular weight excluding hydrogens is 464 g/mol. The predicted octanol–water partition coefficient (Wildman–Crippen LogP) is 4.97. The van der Waals surface area contributed by atoms with E-state index in [0.29, 0.717) is 33.8 Å². The van der Waals surface area contributed by atoms with Crippen LogP contribution in [0.4, 0.5) is 11.4 Å². The second-order valence-corrected chi connectivity index (χ2v) is 9.33. The zero-order valence-corrected chi connectivity index (χ0v) is 20.8. The number of anilines is 2. The number of aryl methyl sites for hydroxylation is 1. The van der Waals surface area contributed by atoms with Crippen molar-refractivity contribution in [3.8, 4) is 0 Å². The minimum Gasteiger partial charge on any atom is -0.357 e. The van der Waals surface area contributed by atoms with Gasteiger partial charge in [-0.15, -0.1) is 11.6 Å². The molecule has 0 saturated carbocycles. The molecule has 0 radical (unpaired) electrons. The van der Waals surface area contributed by atoms with Crippen molar-refractivity contribution in [3.63, 3.8) is 0 Å². The third-order valence-electron chi connectivity index (χ3n) is 6.14. The van der Waals surface area contributed by atoms with E-state index in [9.17, 15) is 14.4 Å². The fourth-order valence-corrected chi connectivity index (χ4v) is 4.25. The second-order valence-electron chi connectivity index (χ2n) is 9.06. The zero-order chi connectivity index (χ0) is 25.3. The SMILES string of the molecule is Cc1[nH]c(C=C2C(=O)Nc3ccc(C(=O)NC(C)(C)c4ccccc4)cc32)c(C)c1NC(=O)CCl. The lowest BCUT2D eigenvalue weighted by atomic mass is 9.93. The topological polar surface area (TPSA) is 103 Å². The average Bonchev–Trinajstić information content (AvgIpc) is 3.29. The molecule has 3 aromatic rings. The molecule has 4 N–H and O–H groups in total. The Hall–Kier alpha value is -3.84. The van der Waals surface area contributed by atoms with Crippen LogP contribution < -0.4 is 16.0 Å². The quantitative estimate of drug-likeness (QED) is 0.290. The van der Waals surface area contributed by atoms with E-state index < -0.39 is 5.54 Å². The van der Waals surface area contributed by atoms with E-state index in [1.54, 1.807) is 24.3 Å². The van der Waals surface area contributed by atoms with E-state index in [0.717, 1.165) is 16.8 Å². The van der Waals surface area contributed by atoms with Crippen LogP contribution in [-0.4, -0.2) is 28.6 Å². The summed E-state index contributed by atoms with van der Waals surface area (Å²) in [6.45, 7) is 7.57. The van der Waals surface area contributed by atoms with E-state index in [1.165, 1.54) is 0 Å². The normalized spacial score (nSPS) is 14.0. The molecule has 0 aliphatic carbocycles. The molecule has 0 saturated heterocycles. The number of rotatable bonds is 6. The van der Waals surface area contributed by atoms with Gasteiger partial charge in [-0.1, -0.05) is 30.3 Å². The number of amides is 3. The molecule has 0 fully saturated rings. The second kappa shape index (κ2) is 9.43. The van der Waals surface area contributed by atoms with Gasteiger partial charge in [-0.3, -0.25) is 14.4 Å². The van der Waals surface area contributed by atoms with Gasteiger partial charge in [-0.2, -0.15) is 0 Å². The van der Waals surface area contributed by atoms with Gasteiger partial charge in [0, 0.05) is 28.2 Å². The lowest BCUT2D eigenvalue weighted by molar-refractivity contribution is -0.114. The molecule has 7 nitrogen and oxygen atoms in total. The molecule has 2 aromatic carbocycles. The molecule has 4 rings (SSSR count). The number of fused-ring (bicyclic) bond motifs is 1. The predicted molar refractivity (Wildman–Crippen MR) is 139 cm³/mol. The van der Waals surface area contributed by atoms with Gasteiger partial charge in [0.05, 0.1) is 16.8 Å². The Balaban J connectivity index is 1.65. The van der Waals surface area contributed by atoms with Gasteiger partial charge in [0.1, 0.15) is 5.88 Å². The number of halogens is 1. The summed E-state index contributed by atoms with van der Waals surface area (Å²) in [4.78, 5) is 40.9. The lowest BCUT2D eigenvalue weighted by Crippen LogP contribution is -2.40. The summed E-state index contributed by atoms with van der Waals surface area (Å²) in [5.74, 6) is -0.963. The van der Waals surface area contributed by atoms with Crippen LogP contribution in [0.1, 0.15) is 52.3 Å². The van der Waals surface area contributed by atoms with E-state index in [2.05, 4.69) is 20.9 Å². The van der Waals surface area contributed by atoms with Crippen LogP contribution in [0.2, 0.25) is 0 Å². The van der Waals surface area contributed by atoms with Crippen LogP contribution in [0.5, 0.6) is 0 Å². The Morgan fingerprint density at radius 3 is 2.49 bits per heavy atom. The molecule has 35 heavy (non-hydrogen) atoms. The highest BCUT2D eigenvalue weighted by atomic mass is 35.5. The number of alkyl halides is 1. The molecule has 1 aliphatic heterocycles. The van der Waals surface area contributed by atoms with Crippen LogP contribution in [0.25, 0.3) is 11.6 Å². The molecular formula is C27H27ClN4O3. The maximum absolute atomic E-state index is 13.1. The van der Waals surface area contributed by atoms with Gasteiger partial charge in [-0.05, 0) is 63.1 Å². The van der Waals surface area contributed by atoms with E-state index in [-0.39, 0.29) is 23.6 Å². The van der Waals surface area contributed by atoms with Crippen LogP contribution in [0, 0.1) is 13.8 Å². The summed E-state index contributed by atoms with van der Waals surface area (Å²) in [5, 5.41) is 8.71. The van der Waals surface area contributed by atoms with Crippen LogP contribution >= 0.6 is 11.6 Å². The highest BCUT2D eigenvalue weighted by molar-refractivity contribution is 6.35. The molecule has 180 valence electrons. The number of nitrogens with one attached hydrogen (secondary N) is 4. The molecule has 8 heteroatoms. The highest BCUT2D eigenvalue weighted by Gasteiger charge is 2.28. The number of aromatic amines is 1. The Bertz CT molecular complexity index is 1360. The molecule has 0 atom stereocenters. The largest absolute Gasteiger partial charge is 0.357 e. The smallest absolute Gasteiger partial charge is 0.256 e. The van der Waals surface area contributed by atoms with Crippen molar-refractivity contribution in [3.05, 3.63) is 82.2 Å². The van der Waals surface area contributed by atoms with Crippen LogP contribution in [-0.2, 0) is 15.1 Å². The first-order valence-electron chi connectivity index (χ1n) is 11.2. The molecule has 1 aromatic heterocycles. The molecule has 0 unspecified atom stereocenters. The van der Waals surface area contributed by atoms with Gasteiger partial charge >= 0.3 is 0 Å². The number of carbonyl (C=O) groups is 3. The fraction of sp³-hybridized carbons (Fsp3) is 0.222. The van der Waals surface area contributed by atoms with E-state index >= 15 is 0 Å². The van der Waals surface area contributed by atoms with Gasteiger partial charge in [0.2, 0.25) is 5.91 Å². The highest BCUT2D eigenvalue weighted by Crippen LogP contribution is 2.35. The molecule has 0 bridgehead atoms. The minimum absolute atomic E-state index is 0.151. The minimum atomic E-state index is -0.577. The van der Waals surface area contributed by atoms with Crippen LogP contribution in [0.15, 0.2) is 48.5 Å². The summed E-state index contributed by atoms with van der Waals surface area (Å²) in [7, 11) is 0. The average molecular weight is 491 g/mol. The Morgan fingerprint density at radius 1 is 1.09 bits per heavy atom. The third kappa shape index (κ3) is 4.86. The van der Waals surface area contributed by atoms with Crippen molar-refractivity contribution in [2.24, 2.45) is 0 Å². The number of H-pyrrole nitrogens is 1. The summed E-state index contributed by atoms with van der Waals surface area (Å²) in [5.41, 5.74) is 5.42.